The van der Waals surface area contributed by atoms with Crippen LogP contribution in [-0.4, -0.2) is 0 Å². The molecule has 0 spiro atoms. The first-order valence-corrected chi connectivity index (χ1v) is 5.84. The highest BCUT2D eigenvalue weighted by Crippen LogP contribution is 2.39. The largest absolute Gasteiger partial charge is 0.265 e. The summed E-state index contributed by atoms with van der Waals surface area (Å²) in [5, 5.41) is 0.781. The maximum absolute atomic E-state index is 12.6. The van der Waals surface area contributed by atoms with E-state index in [-0.39, 0.29) is 5.56 Å². The van der Waals surface area contributed by atoms with Crippen LogP contribution in [-0.2, 0) is 0 Å². The van der Waals surface area contributed by atoms with Gasteiger partial charge in [-0.25, -0.2) is 8.78 Å². The fourth-order valence-corrected chi connectivity index (χ4v) is 3.24. The van der Waals surface area contributed by atoms with Crippen molar-refractivity contribution in [2.24, 2.45) is 0 Å². The molecular formula is C9H5BrF2S2. The van der Waals surface area contributed by atoms with E-state index in [4.69, 9.17) is 0 Å². The number of hydrogen-bond acceptors (Lipinski definition) is 2. The Labute approximate surface area is 97.5 Å². The molecule has 5 heteroatoms. The number of fused-ring (bicyclic) bond motifs is 1. The van der Waals surface area contributed by atoms with E-state index in [9.17, 15) is 8.78 Å². The Balaban J connectivity index is 2.81. The monoisotopic (exact) mass is 294 g/mol. The Morgan fingerprint density at radius 2 is 2.07 bits per heavy atom. The van der Waals surface area contributed by atoms with E-state index in [1.54, 1.807) is 6.07 Å². The van der Waals surface area contributed by atoms with Crippen LogP contribution in [0.5, 0.6) is 0 Å². The third-order valence-electron chi connectivity index (χ3n) is 1.90. The van der Waals surface area contributed by atoms with Crippen molar-refractivity contribution in [1.82, 2.24) is 0 Å². The second-order valence-corrected chi connectivity index (χ2v) is 5.68. The van der Waals surface area contributed by atoms with Gasteiger partial charge in [-0.05, 0) is 28.1 Å². The molecule has 0 nitrogen and oxygen atoms in total. The zero-order valence-electron chi connectivity index (χ0n) is 6.80. The quantitative estimate of drug-likeness (QED) is 0.711. The van der Waals surface area contributed by atoms with Gasteiger partial charge in [0.05, 0.1) is 3.79 Å². The van der Waals surface area contributed by atoms with Gasteiger partial charge in [0, 0.05) is 20.5 Å². The summed E-state index contributed by atoms with van der Waals surface area (Å²) in [6.07, 6.45) is -2.43. The van der Waals surface area contributed by atoms with Gasteiger partial charge in [-0.15, -0.1) is 24.0 Å². The molecule has 0 atom stereocenters. The van der Waals surface area contributed by atoms with Gasteiger partial charge in [0.25, 0.3) is 6.43 Å². The number of thiophene rings is 1. The Morgan fingerprint density at radius 1 is 1.36 bits per heavy atom. The lowest BCUT2D eigenvalue weighted by Gasteiger charge is -2.02. The lowest BCUT2D eigenvalue weighted by molar-refractivity contribution is 0.153. The Kier molecular flexibility index (Phi) is 2.81. The van der Waals surface area contributed by atoms with E-state index in [0.717, 1.165) is 14.1 Å². The molecule has 2 aromatic rings. The van der Waals surface area contributed by atoms with Crippen LogP contribution in [0.15, 0.2) is 26.9 Å². The summed E-state index contributed by atoms with van der Waals surface area (Å²) in [6, 6.07) is 4.85. The first-order valence-electron chi connectivity index (χ1n) is 3.78. The Morgan fingerprint density at radius 3 is 2.71 bits per heavy atom. The summed E-state index contributed by atoms with van der Waals surface area (Å²) in [5.41, 5.74) is 0.0773. The van der Waals surface area contributed by atoms with Gasteiger partial charge in [-0.1, -0.05) is 6.07 Å². The normalized spacial score (nSPS) is 11.5. The van der Waals surface area contributed by atoms with Crippen molar-refractivity contribution in [1.29, 1.82) is 0 Å². The molecule has 1 aromatic heterocycles. The zero-order chi connectivity index (χ0) is 10.3. The average molecular weight is 295 g/mol. The van der Waals surface area contributed by atoms with Gasteiger partial charge in [-0.3, -0.25) is 0 Å². The van der Waals surface area contributed by atoms with Crippen molar-refractivity contribution in [3.8, 4) is 0 Å². The predicted molar refractivity (Wildman–Crippen MR) is 61.7 cm³/mol. The molecule has 74 valence electrons. The SMILES string of the molecule is FC(F)c1ccc(S)c2cc(Br)sc12. The summed E-state index contributed by atoms with van der Waals surface area (Å²) in [6.45, 7) is 0. The number of rotatable bonds is 1. The van der Waals surface area contributed by atoms with Crippen LogP contribution in [0.3, 0.4) is 0 Å². The van der Waals surface area contributed by atoms with Gasteiger partial charge in [0.2, 0.25) is 0 Å². The van der Waals surface area contributed by atoms with Crippen LogP contribution in [0.2, 0.25) is 0 Å². The fraction of sp³-hybridized carbons (Fsp3) is 0.111. The molecule has 1 aromatic carbocycles. The van der Waals surface area contributed by atoms with Crippen LogP contribution in [0.25, 0.3) is 10.1 Å². The molecule has 0 radical (unpaired) electrons. The highest BCUT2D eigenvalue weighted by Gasteiger charge is 2.14. The van der Waals surface area contributed by atoms with E-state index in [0.29, 0.717) is 4.70 Å². The van der Waals surface area contributed by atoms with Gasteiger partial charge in [0.15, 0.2) is 0 Å². The summed E-state index contributed by atoms with van der Waals surface area (Å²) in [4.78, 5) is 0.728. The molecule has 0 N–H and O–H groups in total. The van der Waals surface area contributed by atoms with Gasteiger partial charge in [0.1, 0.15) is 0 Å². The minimum atomic E-state index is -2.43. The van der Waals surface area contributed by atoms with Crippen LogP contribution in [0.4, 0.5) is 8.78 Å². The molecule has 0 saturated carbocycles. The second kappa shape index (κ2) is 3.79. The topological polar surface area (TPSA) is 0 Å². The smallest absolute Gasteiger partial charge is 0.205 e. The van der Waals surface area contributed by atoms with Crippen LogP contribution in [0.1, 0.15) is 12.0 Å². The molecule has 14 heavy (non-hydrogen) atoms. The van der Waals surface area contributed by atoms with E-state index in [1.165, 1.54) is 17.4 Å². The lowest BCUT2D eigenvalue weighted by atomic mass is 10.2. The minimum absolute atomic E-state index is 0.0773. The van der Waals surface area contributed by atoms with Crippen LogP contribution >= 0.6 is 39.9 Å². The first-order chi connectivity index (χ1) is 6.59. The van der Waals surface area contributed by atoms with Gasteiger partial charge in [-0.2, -0.15) is 0 Å². The van der Waals surface area contributed by atoms with E-state index in [1.807, 2.05) is 6.07 Å². The Hall–Kier alpha value is -0.130. The molecule has 2 rings (SSSR count). The third-order valence-corrected chi connectivity index (χ3v) is 3.97. The number of hydrogen-bond donors (Lipinski definition) is 1. The summed E-state index contributed by atoms with van der Waals surface area (Å²) in [5.74, 6) is 0. The molecule has 0 aliphatic carbocycles. The van der Waals surface area contributed by atoms with E-state index in [2.05, 4.69) is 28.6 Å². The summed E-state index contributed by atoms with van der Waals surface area (Å²) in [7, 11) is 0. The van der Waals surface area contributed by atoms with Crippen molar-refractivity contribution in [3.63, 3.8) is 0 Å². The lowest BCUT2D eigenvalue weighted by Crippen LogP contribution is -1.83. The maximum atomic E-state index is 12.6. The second-order valence-electron chi connectivity index (χ2n) is 2.77. The van der Waals surface area contributed by atoms with Crippen molar-refractivity contribution in [2.45, 2.75) is 11.3 Å². The summed E-state index contributed by atoms with van der Waals surface area (Å²) < 4.78 is 26.7. The van der Waals surface area contributed by atoms with Crippen molar-refractivity contribution >= 4 is 50.0 Å². The predicted octanol–water partition coefficient (Wildman–Crippen LogP) is 4.89. The van der Waals surface area contributed by atoms with Gasteiger partial charge >= 0.3 is 0 Å². The van der Waals surface area contributed by atoms with E-state index < -0.39 is 6.43 Å². The highest BCUT2D eigenvalue weighted by molar-refractivity contribution is 9.11. The van der Waals surface area contributed by atoms with Crippen LogP contribution in [0, 0.1) is 0 Å². The van der Waals surface area contributed by atoms with Crippen LogP contribution < -0.4 is 0 Å². The number of thiol groups is 1. The molecule has 0 unspecified atom stereocenters. The molecule has 0 fully saturated rings. The first kappa shape index (κ1) is 10.4. The molecule has 0 aliphatic rings. The standard InChI is InChI=1S/C9H5BrF2S2/c10-7-3-5-6(13)2-1-4(9(11)12)8(5)14-7/h1-3,9,13H. The van der Waals surface area contributed by atoms with E-state index >= 15 is 0 Å². The molecular weight excluding hydrogens is 290 g/mol. The average Bonchev–Trinajstić information content (AvgIpc) is 2.47. The van der Waals surface area contributed by atoms with Crippen molar-refractivity contribution < 1.29 is 8.78 Å². The molecule has 0 bridgehead atoms. The maximum Gasteiger partial charge on any atom is 0.265 e. The Bertz CT molecular complexity index is 479. The third kappa shape index (κ3) is 1.68. The molecule has 0 amide bonds. The number of alkyl halides is 2. The number of benzene rings is 1. The van der Waals surface area contributed by atoms with Crippen molar-refractivity contribution in [2.75, 3.05) is 0 Å². The molecule has 0 saturated heterocycles. The zero-order valence-corrected chi connectivity index (χ0v) is 10.1. The highest BCUT2D eigenvalue weighted by atomic mass is 79.9. The minimum Gasteiger partial charge on any atom is -0.205 e. The molecule has 1 heterocycles. The van der Waals surface area contributed by atoms with Crippen molar-refractivity contribution in [3.05, 3.63) is 27.5 Å². The number of halogens is 3. The summed E-state index contributed by atoms with van der Waals surface area (Å²) >= 11 is 8.81. The fourth-order valence-electron chi connectivity index (χ4n) is 1.27. The van der Waals surface area contributed by atoms with Gasteiger partial charge < -0.3 is 0 Å². The molecule has 0 aliphatic heterocycles.